The van der Waals surface area contributed by atoms with E-state index in [4.69, 9.17) is 0 Å². The number of aromatic nitrogens is 4. The number of nitrogens with zero attached hydrogens (tertiary/aromatic N) is 4. The van der Waals surface area contributed by atoms with Gasteiger partial charge in [-0.15, -0.1) is 16.4 Å². The molecule has 0 bridgehead atoms. The molecule has 0 saturated heterocycles. The van der Waals surface area contributed by atoms with Gasteiger partial charge in [0.2, 0.25) is 0 Å². The fraction of sp³-hybridized carbons (Fsp3) is 0.294. The van der Waals surface area contributed by atoms with Crippen molar-refractivity contribution in [2.45, 2.75) is 31.5 Å². The third kappa shape index (κ3) is 3.18. The SMILES string of the molecule is O=C(NC1CC(n2nncc2CO)C1)c1ncc(-c2ccccc2)s1. The van der Waals surface area contributed by atoms with E-state index in [-0.39, 0.29) is 24.6 Å². The maximum Gasteiger partial charge on any atom is 0.280 e. The van der Waals surface area contributed by atoms with Crippen LogP contribution in [0.3, 0.4) is 0 Å². The lowest BCUT2D eigenvalue weighted by atomic mass is 9.86. The minimum Gasteiger partial charge on any atom is -0.390 e. The molecule has 0 spiro atoms. The Hall–Kier alpha value is -2.58. The molecule has 0 atom stereocenters. The summed E-state index contributed by atoms with van der Waals surface area (Å²) in [6.45, 7) is -0.0814. The molecule has 2 aromatic heterocycles. The molecular weight excluding hydrogens is 338 g/mol. The third-order valence-electron chi connectivity index (χ3n) is 4.36. The van der Waals surface area contributed by atoms with Crippen LogP contribution >= 0.6 is 11.3 Å². The van der Waals surface area contributed by atoms with E-state index in [1.165, 1.54) is 11.3 Å². The summed E-state index contributed by atoms with van der Waals surface area (Å²) in [6.07, 6.45) is 4.85. The van der Waals surface area contributed by atoms with Gasteiger partial charge in [0, 0.05) is 12.2 Å². The van der Waals surface area contributed by atoms with Crippen LogP contribution in [0.2, 0.25) is 0 Å². The zero-order chi connectivity index (χ0) is 17.2. The van der Waals surface area contributed by atoms with Gasteiger partial charge in [-0.2, -0.15) is 0 Å². The zero-order valence-corrected chi connectivity index (χ0v) is 14.2. The van der Waals surface area contributed by atoms with Crippen molar-refractivity contribution in [1.29, 1.82) is 0 Å². The van der Waals surface area contributed by atoms with Crippen molar-refractivity contribution in [2.75, 3.05) is 0 Å². The highest BCUT2D eigenvalue weighted by Gasteiger charge is 2.34. The van der Waals surface area contributed by atoms with E-state index in [2.05, 4.69) is 20.6 Å². The first-order chi connectivity index (χ1) is 12.2. The largest absolute Gasteiger partial charge is 0.390 e. The topological polar surface area (TPSA) is 92.9 Å². The van der Waals surface area contributed by atoms with Crippen LogP contribution in [-0.4, -0.2) is 37.0 Å². The van der Waals surface area contributed by atoms with Gasteiger partial charge in [0.25, 0.3) is 5.91 Å². The minimum atomic E-state index is -0.142. The smallest absolute Gasteiger partial charge is 0.280 e. The van der Waals surface area contributed by atoms with E-state index in [1.807, 2.05) is 30.3 Å². The number of aliphatic hydroxyl groups excluding tert-OH is 1. The standard InChI is InChI=1S/C17H17N5O2S/c23-10-14-8-19-21-22(14)13-6-12(7-13)20-16(24)17-18-9-15(25-17)11-4-2-1-3-5-11/h1-5,8-9,12-13,23H,6-7,10H2,(H,20,24). The molecule has 25 heavy (non-hydrogen) atoms. The van der Waals surface area contributed by atoms with Crippen LogP contribution < -0.4 is 5.32 Å². The predicted molar refractivity (Wildman–Crippen MR) is 93.0 cm³/mol. The Labute approximate surface area is 148 Å². The van der Waals surface area contributed by atoms with E-state index >= 15 is 0 Å². The second kappa shape index (κ2) is 6.73. The summed E-state index contributed by atoms with van der Waals surface area (Å²) in [6, 6.07) is 10.2. The van der Waals surface area contributed by atoms with Gasteiger partial charge in [0.1, 0.15) is 0 Å². The van der Waals surface area contributed by atoms with Gasteiger partial charge in [0.15, 0.2) is 5.01 Å². The Balaban J connectivity index is 1.35. The van der Waals surface area contributed by atoms with Gasteiger partial charge in [0.05, 0.1) is 29.4 Å². The van der Waals surface area contributed by atoms with Gasteiger partial charge in [-0.25, -0.2) is 9.67 Å². The number of hydrogen-bond acceptors (Lipinski definition) is 6. The molecule has 1 aliphatic rings. The summed E-state index contributed by atoms with van der Waals surface area (Å²) < 4.78 is 1.74. The highest BCUT2D eigenvalue weighted by atomic mass is 32.1. The number of hydrogen-bond donors (Lipinski definition) is 2. The fourth-order valence-corrected chi connectivity index (χ4v) is 3.78. The molecule has 128 valence electrons. The molecule has 7 nitrogen and oxygen atoms in total. The van der Waals surface area contributed by atoms with Crippen molar-refractivity contribution >= 4 is 17.2 Å². The number of carbonyl (C=O) groups excluding carboxylic acids is 1. The minimum absolute atomic E-state index is 0.0814. The van der Waals surface area contributed by atoms with Crippen LogP contribution in [0, 0.1) is 0 Å². The van der Waals surface area contributed by atoms with E-state index < -0.39 is 0 Å². The summed E-state index contributed by atoms with van der Waals surface area (Å²) in [5.41, 5.74) is 1.76. The van der Waals surface area contributed by atoms with Crippen LogP contribution in [0.15, 0.2) is 42.7 Å². The molecule has 1 aromatic carbocycles. The lowest BCUT2D eigenvalue weighted by Gasteiger charge is -2.35. The average molecular weight is 355 g/mol. The number of thiazole rings is 1. The first-order valence-electron chi connectivity index (χ1n) is 8.06. The predicted octanol–water partition coefficient (Wildman–Crippen LogP) is 2.03. The van der Waals surface area contributed by atoms with E-state index in [9.17, 15) is 9.90 Å². The Morgan fingerprint density at radius 2 is 2.08 bits per heavy atom. The normalized spacial score (nSPS) is 19.4. The Morgan fingerprint density at radius 3 is 2.84 bits per heavy atom. The average Bonchev–Trinajstić information content (AvgIpc) is 3.27. The number of rotatable bonds is 5. The quantitative estimate of drug-likeness (QED) is 0.730. The molecule has 8 heteroatoms. The summed E-state index contributed by atoms with van der Waals surface area (Å²) in [7, 11) is 0. The van der Waals surface area contributed by atoms with Crippen molar-refractivity contribution < 1.29 is 9.90 Å². The van der Waals surface area contributed by atoms with Crippen LogP contribution in [0.25, 0.3) is 10.4 Å². The van der Waals surface area contributed by atoms with E-state index in [1.54, 1.807) is 17.1 Å². The summed E-state index contributed by atoms with van der Waals surface area (Å²) in [5.74, 6) is -0.142. The maximum absolute atomic E-state index is 12.4. The molecule has 1 fully saturated rings. The second-order valence-electron chi connectivity index (χ2n) is 6.02. The summed E-state index contributed by atoms with van der Waals surface area (Å²) >= 11 is 1.39. The monoisotopic (exact) mass is 355 g/mol. The molecule has 0 unspecified atom stereocenters. The lowest BCUT2D eigenvalue weighted by molar-refractivity contribution is 0.0883. The van der Waals surface area contributed by atoms with Gasteiger partial charge >= 0.3 is 0 Å². The van der Waals surface area contributed by atoms with Crippen molar-refractivity contribution in [1.82, 2.24) is 25.3 Å². The Kier molecular flexibility index (Phi) is 4.29. The highest BCUT2D eigenvalue weighted by Crippen LogP contribution is 2.33. The van der Waals surface area contributed by atoms with Gasteiger partial charge in [-0.05, 0) is 18.4 Å². The molecule has 2 N–H and O–H groups in total. The number of carbonyl (C=O) groups is 1. The van der Waals surface area contributed by atoms with Gasteiger partial charge in [-0.1, -0.05) is 35.5 Å². The number of nitrogens with one attached hydrogen (secondary N) is 1. The molecule has 1 aliphatic carbocycles. The highest BCUT2D eigenvalue weighted by molar-refractivity contribution is 7.16. The molecule has 0 radical (unpaired) electrons. The molecular formula is C17H17N5O2S. The first-order valence-corrected chi connectivity index (χ1v) is 8.88. The molecule has 2 heterocycles. The molecule has 1 amide bonds. The lowest BCUT2D eigenvalue weighted by Crippen LogP contribution is -2.45. The number of amides is 1. The van der Waals surface area contributed by atoms with Crippen molar-refractivity contribution in [2.24, 2.45) is 0 Å². The van der Waals surface area contributed by atoms with Gasteiger partial charge < -0.3 is 10.4 Å². The zero-order valence-electron chi connectivity index (χ0n) is 13.4. The van der Waals surface area contributed by atoms with Crippen LogP contribution in [0.1, 0.15) is 34.4 Å². The van der Waals surface area contributed by atoms with Crippen LogP contribution in [-0.2, 0) is 6.61 Å². The van der Waals surface area contributed by atoms with Crippen LogP contribution in [0.5, 0.6) is 0 Å². The summed E-state index contributed by atoms with van der Waals surface area (Å²) in [4.78, 5) is 17.6. The Bertz CT molecular complexity index is 870. The second-order valence-corrected chi connectivity index (χ2v) is 7.05. The molecule has 1 saturated carbocycles. The van der Waals surface area contributed by atoms with Gasteiger partial charge in [-0.3, -0.25) is 4.79 Å². The third-order valence-corrected chi connectivity index (χ3v) is 5.41. The maximum atomic E-state index is 12.4. The molecule has 4 rings (SSSR count). The number of benzene rings is 1. The van der Waals surface area contributed by atoms with Crippen LogP contribution in [0.4, 0.5) is 0 Å². The summed E-state index contributed by atoms with van der Waals surface area (Å²) in [5, 5.41) is 20.6. The Morgan fingerprint density at radius 1 is 1.28 bits per heavy atom. The van der Waals surface area contributed by atoms with E-state index in [0.717, 1.165) is 23.3 Å². The molecule has 0 aliphatic heterocycles. The van der Waals surface area contributed by atoms with Crippen molar-refractivity contribution in [3.63, 3.8) is 0 Å². The van der Waals surface area contributed by atoms with Crippen molar-refractivity contribution in [3.05, 3.63) is 53.4 Å². The van der Waals surface area contributed by atoms with Crippen molar-refractivity contribution in [3.8, 4) is 10.4 Å². The molecule has 3 aromatic rings. The fourth-order valence-electron chi connectivity index (χ4n) is 2.95. The first kappa shape index (κ1) is 15.9. The van der Waals surface area contributed by atoms with E-state index in [0.29, 0.717) is 10.7 Å². The number of aliphatic hydroxyl groups is 1.